The Kier molecular flexibility index (Phi) is 5.45. The first-order valence-electron chi connectivity index (χ1n) is 8.10. The molecule has 0 unspecified atom stereocenters. The van der Waals surface area contributed by atoms with Crippen molar-refractivity contribution in [3.05, 3.63) is 18.2 Å². The number of nitrogens with zero attached hydrogens (tertiary/aromatic N) is 2. The molecule has 1 saturated carbocycles. The van der Waals surface area contributed by atoms with Gasteiger partial charge in [-0.1, -0.05) is 6.92 Å². The molecule has 0 bridgehead atoms. The predicted octanol–water partition coefficient (Wildman–Crippen LogP) is 2.44. The molecule has 2 rings (SSSR count). The molecule has 0 atom stereocenters. The third kappa shape index (κ3) is 5.02. The van der Waals surface area contributed by atoms with Crippen molar-refractivity contribution >= 4 is 6.09 Å². The van der Waals surface area contributed by atoms with E-state index in [-0.39, 0.29) is 12.1 Å². The molecular formula is C16H28N4O2. The second kappa shape index (κ2) is 7.13. The quantitative estimate of drug-likeness (QED) is 0.847. The molecule has 0 aromatic carbocycles. The van der Waals surface area contributed by atoms with Gasteiger partial charge in [-0.3, -0.25) is 0 Å². The maximum Gasteiger partial charge on any atom is 0.407 e. The molecule has 0 spiro atoms. The van der Waals surface area contributed by atoms with Crippen LogP contribution in [0, 0.1) is 0 Å². The van der Waals surface area contributed by atoms with Crippen LogP contribution in [-0.2, 0) is 17.8 Å². The van der Waals surface area contributed by atoms with Gasteiger partial charge in [0.1, 0.15) is 11.4 Å². The number of aromatic nitrogens is 2. The SMILES string of the molecule is CCCn1ccnc1CNC1CC(NC(=O)OC(C)(C)C)C1. The molecule has 6 nitrogen and oxygen atoms in total. The van der Waals surface area contributed by atoms with Gasteiger partial charge in [0.2, 0.25) is 0 Å². The highest BCUT2D eigenvalue weighted by Gasteiger charge is 2.31. The molecule has 2 N–H and O–H groups in total. The van der Waals surface area contributed by atoms with Gasteiger partial charge < -0.3 is 19.9 Å². The van der Waals surface area contributed by atoms with Gasteiger partial charge in [-0.25, -0.2) is 9.78 Å². The zero-order valence-corrected chi connectivity index (χ0v) is 14.1. The van der Waals surface area contributed by atoms with Gasteiger partial charge in [0.25, 0.3) is 0 Å². The van der Waals surface area contributed by atoms with E-state index in [0.717, 1.165) is 38.2 Å². The second-order valence-electron chi connectivity index (χ2n) is 6.93. The van der Waals surface area contributed by atoms with Crippen LogP contribution in [0.1, 0.15) is 52.8 Å². The Bertz CT molecular complexity index is 487. The van der Waals surface area contributed by atoms with Gasteiger partial charge >= 0.3 is 6.09 Å². The number of carbonyl (C=O) groups excluding carboxylic acids is 1. The standard InChI is InChI=1S/C16H28N4O2/c1-5-7-20-8-6-17-14(20)11-18-12-9-13(10-12)19-15(21)22-16(2,3)4/h6,8,12-13,18H,5,7,9-11H2,1-4H3,(H,19,21). The number of rotatable bonds is 6. The van der Waals surface area contributed by atoms with Crippen molar-refractivity contribution in [1.29, 1.82) is 0 Å². The number of nitrogens with one attached hydrogen (secondary N) is 2. The van der Waals surface area contributed by atoms with E-state index in [0.29, 0.717) is 6.04 Å². The molecule has 0 radical (unpaired) electrons. The topological polar surface area (TPSA) is 68.2 Å². The van der Waals surface area contributed by atoms with E-state index in [4.69, 9.17) is 4.74 Å². The van der Waals surface area contributed by atoms with Crippen LogP contribution < -0.4 is 10.6 Å². The average molecular weight is 308 g/mol. The molecule has 1 aliphatic carbocycles. The Morgan fingerprint density at radius 3 is 2.77 bits per heavy atom. The Hall–Kier alpha value is -1.56. The largest absolute Gasteiger partial charge is 0.444 e. The fourth-order valence-corrected chi connectivity index (χ4v) is 2.56. The van der Waals surface area contributed by atoms with Crippen LogP contribution in [0.2, 0.25) is 0 Å². The maximum absolute atomic E-state index is 11.7. The van der Waals surface area contributed by atoms with Gasteiger partial charge in [0.05, 0.1) is 6.54 Å². The highest BCUT2D eigenvalue weighted by atomic mass is 16.6. The number of hydrogen-bond acceptors (Lipinski definition) is 4. The van der Waals surface area contributed by atoms with Gasteiger partial charge in [-0.05, 0) is 40.0 Å². The molecular weight excluding hydrogens is 280 g/mol. The lowest BCUT2D eigenvalue weighted by molar-refractivity contribution is 0.0465. The Morgan fingerprint density at radius 2 is 2.14 bits per heavy atom. The average Bonchev–Trinajstić information content (AvgIpc) is 2.77. The monoisotopic (exact) mass is 308 g/mol. The number of alkyl carbamates (subject to hydrolysis) is 1. The van der Waals surface area contributed by atoms with Crippen LogP contribution >= 0.6 is 0 Å². The second-order valence-corrected chi connectivity index (χ2v) is 6.93. The summed E-state index contributed by atoms with van der Waals surface area (Å²) in [6.07, 6.45) is 6.53. The van der Waals surface area contributed by atoms with Crippen molar-refractivity contribution in [2.45, 2.75) is 77.7 Å². The van der Waals surface area contributed by atoms with Crippen LogP contribution in [0.4, 0.5) is 4.79 Å². The lowest BCUT2D eigenvalue weighted by Crippen LogP contribution is -2.53. The summed E-state index contributed by atoms with van der Waals surface area (Å²) >= 11 is 0. The van der Waals surface area contributed by atoms with E-state index in [1.807, 2.05) is 33.2 Å². The number of imidazole rings is 1. The molecule has 1 aromatic rings. The number of carbonyl (C=O) groups is 1. The summed E-state index contributed by atoms with van der Waals surface area (Å²) in [4.78, 5) is 16.0. The van der Waals surface area contributed by atoms with E-state index in [1.165, 1.54) is 0 Å². The third-order valence-corrected chi connectivity index (χ3v) is 3.67. The lowest BCUT2D eigenvalue weighted by Gasteiger charge is -2.36. The van der Waals surface area contributed by atoms with Crippen molar-refractivity contribution in [2.24, 2.45) is 0 Å². The van der Waals surface area contributed by atoms with Gasteiger partial charge in [0, 0.05) is 31.0 Å². The minimum absolute atomic E-state index is 0.211. The first-order chi connectivity index (χ1) is 10.4. The Morgan fingerprint density at radius 1 is 1.41 bits per heavy atom. The summed E-state index contributed by atoms with van der Waals surface area (Å²) in [5.74, 6) is 1.07. The predicted molar refractivity (Wildman–Crippen MR) is 85.5 cm³/mol. The van der Waals surface area contributed by atoms with E-state index >= 15 is 0 Å². The fourth-order valence-electron chi connectivity index (χ4n) is 2.56. The summed E-state index contributed by atoms with van der Waals surface area (Å²) < 4.78 is 7.44. The third-order valence-electron chi connectivity index (χ3n) is 3.67. The summed E-state index contributed by atoms with van der Waals surface area (Å²) in [7, 11) is 0. The molecule has 1 aromatic heterocycles. The molecule has 1 aliphatic rings. The maximum atomic E-state index is 11.7. The normalized spacial score (nSPS) is 21.3. The van der Waals surface area contributed by atoms with Crippen molar-refractivity contribution in [2.75, 3.05) is 0 Å². The molecule has 0 saturated heterocycles. The van der Waals surface area contributed by atoms with Crippen LogP contribution in [0.3, 0.4) is 0 Å². The molecule has 22 heavy (non-hydrogen) atoms. The van der Waals surface area contributed by atoms with Crippen LogP contribution in [-0.4, -0.2) is 33.3 Å². The Balaban J connectivity index is 1.65. The molecule has 124 valence electrons. The van der Waals surface area contributed by atoms with Crippen LogP contribution in [0.25, 0.3) is 0 Å². The van der Waals surface area contributed by atoms with Crippen LogP contribution in [0.5, 0.6) is 0 Å². The van der Waals surface area contributed by atoms with Crippen molar-refractivity contribution in [3.63, 3.8) is 0 Å². The number of aryl methyl sites for hydroxylation is 1. The minimum atomic E-state index is -0.443. The first-order valence-corrected chi connectivity index (χ1v) is 8.10. The van der Waals surface area contributed by atoms with Crippen molar-refractivity contribution in [3.8, 4) is 0 Å². The molecule has 6 heteroatoms. The van der Waals surface area contributed by atoms with Gasteiger partial charge in [0.15, 0.2) is 0 Å². The number of amides is 1. The smallest absolute Gasteiger partial charge is 0.407 e. The number of ether oxygens (including phenoxy) is 1. The number of hydrogen-bond donors (Lipinski definition) is 2. The molecule has 1 fully saturated rings. The molecule has 1 amide bonds. The van der Waals surface area contributed by atoms with E-state index in [2.05, 4.69) is 27.1 Å². The summed E-state index contributed by atoms with van der Waals surface area (Å²) in [6, 6.07) is 0.648. The van der Waals surface area contributed by atoms with Crippen LogP contribution in [0.15, 0.2) is 12.4 Å². The summed E-state index contributed by atoms with van der Waals surface area (Å²) in [5, 5.41) is 6.40. The lowest BCUT2D eigenvalue weighted by atomic mass is 9.87. The van der Waals surface area contributed by atoms with Crippen molar-refractivity contribution in [1.82, 2.24) is 20.2 Å². The first kappa shape index (κ1) is 16.8. The van der Waals surface area contributed by atoms with Gasteiger partial charge in [-0.2, -0.15) is 0 Å². The highest BCUT2D eigenvalue weighted by molar-refractivity contribution is 5.68. The highest BCUT2D eigenvalue weighted by Crippen LogP contribution is 2.21. The zero-order chi connectivity index (χ0) is 16.2. The fraction of sp³-hybridized carbons (Fsp3) is 0.750. The molecule has 1 heterocycles. The molecule has 0 aliphatic heterocycles. The van der Waals surface area contributed by atoms with Gasteiger partial charge in [-0.15, -0.1) is 0 Å². The summed E-state index contributed by atoms with van der Waals surface area (Å²) in [5.41, 5.74) is -0.443. The van der Waals surface area contributed by atoms with E-state index in [9.17, 15) is 4.79 Å². The summed E-state index contributed by atoms with van der Waals surface area (Å²) in [6.45, 7) is 9.56. The van der Waals surface area contributed by atoms with E-state index < -0.39 is 5.60 Å². The minimum Gasteiger partial charge on any atom is -0.444 e. The van der Waals surface area contributed by atoms with E-state index in [1.54, 1.807) is 0 Å². The zero-order valence-electron chi connectivity index (χ0n) is 14.1. The Labute approximate surface area is 132 Å². The van der Waals surface area contributed by atoms with Crippen molar-refractivity contribution < 1.29 is 9.53 Å².